The number of amides is 5. The lowest BCUT2D eigenvalue weighted by Gasteiger charge is -2.19. The Balaban J connectivity index is 2.17. The summed E-state index contributed by atoms with van der Waals surface area (Å²) in [6, 6.07) is -3.97. The molecule has 5 amide bonds. The molecule has 0 spiro atoms. The van der Waals surface area contributed by atoms with Crippen molar-refractivity contribution in [2.75, 3.05) is 46.2 Å². The van der Waals surface area contributed by atoms with E-state index in [0.717, 1.165) is 0 Å². The lowest BCUT2D eigenvalue weighted by molar-refractivity contribution is -0.139. The molecule has 0 bridgehead atoms. The third-order valence-corrected chi connectivity index (χ3v) is 4.50. The Hall–Kier alpha value is -3.34. The number of carbonyl (C=O) groups excluding carboxylic acids is 5. The molecule has 0 aromatic carbocycles. The summed E-state index contributed by atoms with van der Waals surface area (Å²) in [7, 11) is 0. The molecular formula is C18H29N5O11. The largest absolute Gasteiger partial charge is 0.481 e. The van der Waals surface area contributed by atoms with Crippen LogP contribution in [-0.2, 0) is 33.4 Å². The first-order valence-electron chi connectivity index (χ1n) is 10.1. The van der Waals surface area contributed by atoms with E-state index in [-0.39, 0.29) is 45.2 Å². The molecule has 1 aliphatic rings. The Morgan fingerprint density at radius 3 is 2.18 bits per heavy atom. The van der Waals surface area contributed by atoms with Crippen LogP contribution < -0.4 is 27.0 Å². The average Bonchev–Trinajstić information content (AvgIpc) is 3.41. The second kappa shape index (κ2) is 14.0. The Bertz CT molecular complexity index is 777. The fourth-order valence-corrected chi connectivity index (χ4v) is 2.53. The number of hydrogen-bond donors (Lipinski definition) is 8. The van der Waals surface area contributed by atoms with Gasteiger partial charge in [-0.05, 0) is 0 Å². The van der Waals surface area contributed by atoms with Crippen LogP contribution in [0.4, 0.5) is 4.79 Å². The first-order valence-corrected chi connectivity index (χ1v) is 10.1. The van der Waals surface area contributed by atoms with Crippen LogP contribution in [-0.4, -0.2) is 115 Å². The van der Waals surface area contributed by atoms with Crippen LogP contribution in [0.3, 0.4) is 0 Å². The van der Waals surface area contributed by atoms with E-state index in [1.54, 1.807) is 0 Å². The van der Waals surface area contributed by atoms with Gasteiger partial charge in [-0.25, -0.2) is 4.79 Å². The van der Waals surface area contributed by atoms with Gasteiger partial charge in [-0.15, -0.1) is 0 Å². The Labute approximate surface area is 193 Å². The van der Waals surface area contributed by atoms with E-state index in [1.807, 2.05) is 5.32 Å². The van der Waals surface area contributed by atoms with Crippen molar-refractivity contribution in [1.29, 1.82) is 0 Å². The maximum absolute atomic E-state index is 12.0. The van der Waals surface area contributed by atoms with E-state index < -0.39 is 67.0 Å². The zero-order chi connectivity index (χ0) is 25.7. The monoisotopic (exact) mass is 491 g/mol. The van der Waals surface area contributed by atoms with Crippen LogP contribution in [0.25, 0.3) is 0 Å². The number of rotatable bonds is 17. The predicted molar refractivity (Wildman–Crippen MR) is 110 cm³/mol. The maximum atomic E-state index is 12.0. The number of carboxylic acid groups (broad SMARTS) is 1. The summed E-state index contributed by atoms with van der Waals surface area (Å²) in [6.45, 7) is -1.42. The van der Waals surface area contributed by atoms with Crippen molar-refractivity contribution < 1.29 is 53.6 Å². The quantitative estimate of drug-likeness (QED) is 0.0893. The van der Waals surface area contributed by atoms with Gasteiger partial charge in [0.15, 0.2) is 5.78 Å². The number of Topliss-reactive ketones (excluding diaryl/α,β-unsaturated/α-hetero) is 1. The van der Waals surface area contributed by atoms with Crippen molar-refractivity contribution in [2.45, 2.75) is 30.5 Å². The highest BCUT2D eigenvalue weighted by Gasteiger charge is 2.54. The van der Waals surface area contributed by atoms with Crippen molar-refractivity contribution >= 4 is 35.5 Å². The fraction of sp³-hybridized carbons (Fsp3) is 0.667. The number of aliphatic hydroxyl groups excluding tert-OH is 2. The number of carbonyl (C=O) groups is 6. The number of primary amides is 1. The van der Waals surface area contributed by atoms with Crippen molar-refractivity contribution in [3.63, 3.8) is 0 Å². The number of nitrogens with one attached hydrogen (secondary N) is 4. The highest BCUT2D eigenvalue weighted by atomic mass is 16.5. The molecule has 9 N–H and O–H groups in total. The van der Waals surface area contributed by atoms with Crippen molar-refractivity contribution in [3.8, 4) is 0 Å². The molecule has 0 heterocycles. The van der Waals surface area contributed by atoms with Gasteiger partial charge in [-0.3, -0.25) is 24.0 Å². The average molecular weight is 491 g/mol. The molecule has 1 saturated carbocycles. The fourth-order valence-electron chi connectivity index (χ4n) is 2.53. The van der Waals surface area contributed by atoms with Gasteiger partial charge in [0.1, 0.15) is 24.2 Å². The minimum Gasteiger partial charge on any atom is -0.481 e. The molecule has 0 aromatic heterocycles. The van der Waals surface area contributed by atoms with Gasteiger partial charge in [0, 0.05) is 13.0 Å². The van der Waals surface area contributed by atoms with Crippen molar-refractivity contribution in [2.24, 2.45) is 5.73 Å². The third kappa shape index (κ3) is 10.1. The summed E-state index contributed by atoms with van der Waals surface area (Å²) in [5.41, 5.74) is 3.81. The van der Waals surface area contributed by atoms with Gasteiger partial charge in [-0.2, -0.15) is 0 Å². The number of hydrogen-bond acceptors (Lipinski definition) is 10. The Kier molecular flexibility index (Phi) is 11.8. The third-order valence-electron chi connectivity index (χ3n) is 4.50. The summed E-state index contributed by atoms with van der Waals surface area (Å²) in [6.07, 6.45) is -0.673. The summed E-state index contributed by atoms with van der Waals surface area (Å²) in [4.78, 5) is 68.5. The van der Waals surface area contributed by atoms with E-state index >= 15 is 0 Å². The topological polar surface area (TPSA) is 256 Å². The molecule has 3 atom stereocenters. The second-order valence-corrected chi connectivity index (χ2v) is 7.25. The highest BCUT2D eigenvalue weighted by molar-refractivity contribution is 6.08. The predicted octanol–water partition coefficient (Wildman–Crippen LogP) is -5.06. The summed E-state index contributed by atoms with van der Waals surface area (Å²) < 4.78 is 10.3. The lowest BCUT2D eigenvalue weighted by atomic mass is 10.2. The van der Waals surface area contributed by atoms with Crippen LogP contribution in [0.15, 0.2) is 0 Å². The lowest BCUT2D eigenvalue weighted by Crippen LogP contribution is -2.56. The summed E-state index contributed by atoms with van der Waals surface area (Å²) in [5.74, 6) is -4.03. The Morgan fingerprint density at radius 2 is 1.65 bits per heavy atom. The molecule has 1 aliphatic carbocycles. The van der Waals surface area contributed by atoms with E-state index in [9.17, 15) is 33.9 Å². The minimum absolute atomic E-state index is 0.00315. The maximum Gasteiger partial charge on any atom is 0.316 e. The normalized spacial score (nSPS) is 18.4. The molecule has 16 heteroatoms. The zero-order valence-electron chi connectivity index (χ0n) is 18.2. The van der Waals surface area contributed by atoms with E-state index in [0.29, 0.717) is 0 Å². The standard InChI is InChI=1S/C18H29N5O11/c19-15(30)10(5-14(28)29)21-17(32)22-11(7-24)16(31)20-1-2-33-3-4-34-8-13(27)23-18(9-25)6-12(18)26/h10-11,24-25H,1-9H2,(H2,19,30)(H,20,31)(H,23,27)(H,28,29)(H2,21,22,32)/t10-,11-,18-/m1/s1. The van der Waals surface area contributed by atoms with Crippen LogP contribution in [0, 0.1) is 0 Å². The zero-order valence-corrected chi connectivity index (χ0v) is 18.2. The van der Waals surface area contributed by atoms with E-state index in [2.05, 4.69) is 16.0 Å². The SMILES string of the molecule is NC(=O)[C@@H](CC(=O)O)NC(=O)N[C@H](CO)C(=O)NCCOCCOCC(=O)N[C@@]1(CO)CC1=O. The summed E-state index contributed by atoms with van der Waals surface area (Å²) in [5, 5.41) is 35.9. The number of urea groups is 1. The molecule has 0 aromatic rings. The van der Waals surface area contributed by atoms with E-state index in [4.69, 9.17) is 25.4 Å². The van der Waals surface area contributed by atoms with E-state index in [1.165, 1.54) is 0 Å². The molecule has 34 heavy (non-hydrogen) atoms. The van der Waals surface area contributed by atoms with Gasteiger partial charge < -0.3 is 51.8 Å². The van der Waals surface area contributed by atoms with Gasteiger partial charge in [-0.1, -0.05) is 0 Å². The highest BCUT2D eigenvalue weighted by Crippen LogP contribution is 2.29. The Morgan fingerprint density at radius 1 is 1.03 bits per heavy atom. The van der Waals surface area contributed by atoms with Gasteiger partial charge in [0.25, 0.3) is 0 Å². The van der Waals surface area contributed by atoms with Gasteiger partial charge >= 0.3 is 12.0 Å². The summed E-state index contributed by atoms with van der Waals surface area (Å²) >= 11 is 0. The second-order valence-electron chi connectivity index (χ2n) is 7.25. The number of ketones is 1. The van der Waals surface area contributed by atoms with Crippen LogP contribution in [0.5, 0.6) is 0 Å². The number of nitrogens with two attached hydrogens (primary N) is 1. The van der Waals surface area contributed by atoms with Gasteiger partial charge in [0.2, 0.25) is 17.7 Å². The number of carboxylic acids is 1. The van der Waals surface area contributed by atoms with Gasteiger partial charge in [0.05, 0.1) is 39.5 Å². The molecule has 1 rings (SSSR count). The van der Waals surface area contributed by atoms with Crippen molar-refractivity contribution in [3.05, 3.63) is 0 Å². The first kappa shape index (κ1) is 28.7. The number of ether oxygens (including phenoxy) is 2. The molecule has 0 radical (unpaired) electrons. The minimum atomic E-state index is -1.51. The molecule has 16 nitrogen and oxygen atoms in total. The molecular weight excluding hydrogens is 462 g/mol. The molecule has 0 unspecified atom stereocenters. The molecule has 192 valence electrons. The first-order chi connectivity index (χ1) is 16.0. The molecule has 0 aliphatic heterocycles. The molecule has 0 saturated heterocycles. The number of aliphatic carboxylic acids is 1. The van der Waals surface area contributed by atoms with Crippen LogP contribution in [0.1, 0.15) is 12.8 Å². The smallest absolute Gasteiger partial charge is 0.316 e. The van der Waals surface area contributed by atoms with Crippen LogP contribution in [0.2, 0.25) is 0 Å². The van der Waals surface area contributed by atoms with Crippen molar-refractivity contribution in [1.82, 2.24) is 21.3 Å². The van der Waals surface area contributed by atoms with Crippen LogP contribution >= 0.6 is 0 Å². The number of aliphatic hydroxyl groups is 2. The molecule has 1 fully saturated rings.